The maximum Gasteiger partial charge on any atom is 0.123 e. The van der Waals surface area contributed by atoms with Gasteiger partial charge >= 0.3 is 0 Å². The lowest BCUT2D eigenvalue weighted by molar-refractivity contribution is 0.0104. The first-order chi connectivity index (χ1) is 9.27. The van der Waals surface area contributed by atoms with Crippen molar-refractivity contribution >= 4 is 22.6 Å². The Bertz CT molecular complexity index is 332. The molecule has 108 valence electrons. The number of ether oxygens (including phenoxy) is 3. The minimum Gasteiger partial charge on any atom is -0.385 e. The molecule has 0 radical (unpaired) electrons. The Hall–Kier alpha value is -0.240. The van der Waals surface area contributed by atoms with E-state index < -0.39 is 0 Å². The summed E-state index contributed by atoms with van der Waals surface area (Å²) in [5, 5.41) is 0. The van der Waals surface area contributed by atoms with E-state index in [0.717, 1.165) is 16.4 Å². The van der Waals surface area contributed by atoms with Gasteiger partial charge in [0.1, 0.15) is 5.82 Å². The van der Waals surface area contributed by atoms with Crippen molar-refractivity contribution < 1.29 is 18.6 Å². The Morgan fingerprint density at radius 1 is 1.11 bits per heavy atom. The number of methoxy groups -OCH3 is 1. The summed E-state index contributed by atoms with van der Waals surface area (Å²) >= 11 is 2.26. The predicted molar refractivity (Wildman–Crippen MR) is 81.3 cm³/mol. The van der Waals surface area contributed by atoms with E-state index in [1.54, 1.807) is 19.2 Å². The van der Waals surface area contributed by atoms with Crippen LogP contribution in [0.3, 0.4) is 0 Å². The first-order valence-electron chi connectivity index (χ1n) is 6.27. The first-order valence-corrected chi connectivity index (χ1v) is 7.80. The third kappa shape index (κ3) is 7.20. The zero-order chi connectivity index (χ0) is 13.9. The Balaban J connectivity index is 2.20. The summed E-state index contributed by atoms with van der Waals surface area (Å²) in [7, 11) is 1.68. The molecule has 0 saturated heterocycles. The van der Waals surface area contributed by atoms with Crippen molar-refractivity contribution in [3.63, 3.8) is 0 Å². The van der Waals surface area contributed by atoms with E-state index in [9.17, 15) is 4.39 Å². The maximum absolute atomic E-state index is 12.8. The molecular weight excluding hydrogens is 362 g/mol. The Kier molecular flexibility index (Phi) is 9.32. The van der Waals surface area contributed by atoms with Gasteiger partial charge < -0.3 is 14.2 Å². The second-order valence-electron chi connectivity index (χ2n) is 4.02. The van der Waals surface area contributed by atoms with E-state index >= 15 is 0 Å². The topological polar surface area (TPSA) is 27.7 Å². The number of alkyl halides is 1. The normalized spacial score (nSPS) is 12.6. The average molecular weight is 382 g/mol. The van der Waals surface area contributed by atoms with Crippen molar-refractivity contribution in [1.82, 2.24) is 0 Å². The minimum absolute atomic E-state index is 0.0104. The number of halogens is 2. The van der Waals surface area contributed by atoms with Crippen LogP contribution in [-0.2, 0) is 14.2 Å². The molecule has 1 rings (SSSR count). The molecule has 0 aliphatic heterocycles. The number of hydrogen-bond donors (Lipinski definition) is 0. The van der Waals surface area contributed by atoms with Crippen LogP contribution in [0.4, 0.5) is 4.39 Å². The van der Waals surface area contributed by atoms with E-state index in [0.29, 0.717) is 26.4 Å². The third-order valence-electron chi connectivity index (χ3n) is 2.57. The van der Waals surface area contributed by atoms with Crippen molar-refractivity contribution in [1.29, 1.82) is 0 Å². The van der Waals surface area contributed by atoms with Gasteiger partial charge in [0.05, 0.1) is 19.3 Å². The lowest BCUT2D eigenvalue weighted by Crippen LogP contribution is -2.12. The molecule has 19 heavy (non-hydrogen) atoms. The van der Waals surface area contributed by atoms with Crippen LogP contribution in [0.2, 0.25) is 0 Å². The first kappa shape index (κ1) is 16.8. The molecule has 0 amide bonds. The quantitative estimate of drug-likeness (QED) is 0.353. The molecule has 0 aliphatic rings. The highest BCUT2D eigenvalue weighted by molar-refractivity contribution is 14.1. The zero-order valence-electron chi connectivity index (χ0n) is 11.1. The summed E-state index contributed by atoms with van der Waals surface area (Å²) < 4.78 is 29.7. The van der Waals surface area contributed by atoms with E-state index in [1.165, 1.54) is 12.1 Å². The van der Waals surface area contributed by atoms with Crippen molar-refractivity contribution in [2.45, 2.75) is 12.5 Å². The van der Waals surface area contributed by atoms with E-state index in [4.69, 9.17) is 14.2 Å². The average Bonchev–Trinajstić information content (AvgIpc) is 2.43. The van der Waals surface area contributed by atoms with Crippen LogP contribution in [0.1, 0.15) is 18.1 Å². The smallest absolute Gasteiger partial charge is 0.123 e. The largest absolute Gasteiger partial charge is 0.385 e. The molecule has 0 heterocycles. The molecule has 3 nitrogen and oxygen atoms in total. The summed E-state index contributed by atoms with van der Waals surface area (Å²) in [5.74, 6) is -0.225. The summed E-state index contributed by atoms with van der Waals surface area (Å²) in [5.41, 5.74) is 0.996. The molecule has 1 atom stereocenters. The van der Waals surface area contributed by atoms with Gasteiger partial charge in [-0.1, -0.05) is 34.7 Å². The molecule has 1 aromatic carbocycles. The van der Waals surface area contributed by atoms with Gasteiger partial charge in [-0.05, 0) is 24.1 Å². The van der Waals surface area contributed by atoms with Crippen LogP contribution < -0.4 is 0 Å². The zero-order valence-corrected chi connectivity index (χ0v) is 13.3. The van der Waals surface area contributed by atoms with Crippen LogP contribution in [-0.4, -0.2) is 38.0 Å². The second kappa shape index (κ2) is 10.5. The monoisotopic (exact) mass is 382 g/mol. The minimum atomic E-state index is -0.225. The molecule has 0 N–H and O–H groups in total. The summed E-state index contributed by atoms with van der Waals surface area (Å²) in [4.78, 5) is 0. The molecule has 0 bridgehead atoms. The molecule has 0 aromatic heterocycles. The van der Waals surface area contributed by atoms with Gasteiger partial charge in [0.25, 0.3) is 0 Å². The molecule has 1 unspecified atom stereocenters. The molecule has 0 fully saturated rings. The fourth-order valence-corrected chi connectivity index (χ4v) is 2.33. The van der Waals surface area contributed by atoms with Gasteiger partial charge in [-0.15, -0.1) is 0 Å². The van der Waals surface area contributed by atoms with Crippen molar-refractivity contribution in [3.05, 3.63) is 35.6 Å². The van der Waals surface area contributed by atoms with E-state index in [1.807, 2.05) is 0 Å². The van der Waals surface area contributed by atoms with Crippen molar-refractivity contribution in [2.75, 3.05) is 38.0 Å². The number of rotatable bonds is 10. The van der Waals surface area contributed by atoms with Crippen LogP contribution in [0.15, 0.2) is 24.3 Å². The van der Waals surface area contributed by atoms with Crippen LogP contribution in [0.25, 0.3) is 0 Å². The van der Waals surface area contributed by atoms with Gasteiger partial charge in [-0.2, -0.15) is 0 Å². The summed E-state index contributed by atoms with van der Waals surface area (Å²) in [6, 6.07) is 6.44. The Labute approximate surface area is 127 Å². The SMILES string of the molecule is COCCCOCCOC(CI)c1ccc(F)cc1. The Morgan fingerprint density at radius 2 is 1.84 bits per heavy atom. The van der Waals surface area contributed by atoms with E-state index in [-0.39, 0.29) is 11.9 Å². The number of hydrogen-bond acceptors (Lipinski definition) is 3. The second-order valence-corrected chi connectivity index (χ2v) is 4.90. The van der Waals surface area contributed by atoms with Crippen LogP contribution in [0, 0.1) is 5.82 Å². The van der Waals surface area contributed by atoms with Crippen molar-refractivity contribution in [3.8, 4) is 0 Å². The maximum atomic E-state index is 12.8. The van der Waals surface area contributed by atoms with Gasteiger partial charge in [-0.25, -0.2) is 4.39 Å². The number of benzene rings is 1. The fraction of sp³-hybridized carbons (Fsp3) is 0.571. The van der Waals surface area contributed by atoms with E-state index in [2.05, 4.69) is 22.6 Å². The molecule has 0 saturated carbocycles. The lowest BCUT2D eigenvalue weighted by Gasteiger charge is -2.16. The summed E-state index contributed by atoms with van der Waals surface area (Å²) in [6.07, 6.45) is 0.883. The van der Waals surface area contributed by atoms with Crippen LogP contribution in [0.5, 0.6) is 0 Å². The highest BCUT2D eigenvalue weighted by Gasteiger charge is 2.10. The predicted octanol–water partition coefficient (Wildman–Crippen LogP) is 3.37. The van der Waals surface area contributed by atoms with Crippen LogP contribution >= 0.6 is 22.6 Å². The molecular formula is C14H20FIO3. The lowest BCUT2D eigenvalue weighted by atomic mass is 10.1. The van der Waals surface area contributed by atoms with Gasteiger partial charge in [0.15, 0.2) is 0 Å². The van der Waals surface area contributed by atoms with Gasteiger partial charge in [-0.3, -0.25) is 0 Å². The molecule has 0 aliphatic carbocycles. The van der Waals surface area contributed by atoms with Crippen molar-refractivity contribution in [2.24, 2.45) is 0 Å². The fourth-order valence-electron chi connectivity index (χ4n) is 1.56. The van der Waals surface area contributed by atoms with Gasteiger partial charge in [0.2, 0.25) is 0 Å². The summed E-state index contributed by atoms with van der Waals surface area (Å²) in [6.45, 7) is 2.51. The molecule has 0 spiro atoms. The Morgan fingerprint density at radius 3 is 2.47 bits per heavy atom. The standard InChI is InChI=1S/C14H20FIO3/c1-17-7-2-8-18-9-10-19-14(11-16)12-3-5-13(15)6-4-12/h3-6,14H,2,7-11H2,1H3. The molecule has 1 aromatic rings. The molecule has 5 heteroatoms. The highest BCUT2D eigenvalue weighted by Crippen LogP contribution is 2.20. The highest BCUT2D eigenvalue weighted by atomic mass is 127. The van der Waals surface area contributed by atoms with Gasteiger partial charge in [0, 0.05) is 24.8 Å². The third-order valence-corrected chi connectivity index (χ3v) is 3.37.